The molecule has 1 saturated heterocycles. The lowest BCUT2D eigenvalue weighted by atomic mass is 9.96. The van der Waals surface area contributed by atoms with E-state index in [1.165, 1.54) is 7.05 Å². The molecule has 8 nitrogen and oxygen atoms in total. The van der Waals surface area contributed by atoms with Crippen molar-refractivity contribution in [1.82, 2.24) is 25.1 Å². The Morgan fingerprint density at radius 3 is 2.50 bits per heavy atom. The molecular formula is C13H19N5O3S. The van der Waals surface area contributed by atoms with E-state index in [0.29, 0.717) is 30.2 Å². The second-order valence-electron chi connectivity index (χ2n) is 5.21. The van der Waals surface area contributed by atoms with Crippen LogP contribution in [-0.2, 0) is 9.59 Å². The first-order valence-electron chi connectivity index (χ1n) is 7.11. The Morgan fingerprint density at radius 2 is 1.95 bits per heavy atom. The fourth-order valence-electron chi connectivity index (χ4n) is 2.34. The molecule has 1 aromatic rings. The molecule has 1 aromatic heterocycles. The minimum Gasteiger partial charge on any atom is -0.351 e. The average Bonchev–Trinajstić information content (AvgIpc) is 2.97. The molecule has 2 heterocycles. The first-order chi connectivity index (χ1) is 10.5. The van der Waals surface area contributed by atoms with Crippen LogP contribution < -0.4 is 10.6 Å². The van der Waals surface area contributed by atoms with E-state index in [4.69, 9.17) is 0 Å². The van der Waals surface area contributed by atoms with Gasteiger partial charge in [0.25, 0.3) is 5.91 Å². The lowest BCUT2D eigenvalue weighted by molar-refractivity contribution is -0.139. The zero-order chi connectivity index (χ0) is 16.1. The Hall–Kier alpha value is -2.03. The third-order valence-corrected chi connectivity index (χ3v) is 4.55. The van der Waals surface area contributed by atoms with Crippen LogP contribution in [0.2, 0.25) is 0 Å². The average molecular weight is 325 g/mol. The summed E-state index contributed by atoms with van der Waals surface area (Å²) in [6, 6.07) is 0. The number of carbonyl (C=O) groups excluding carboxylic acids is 3. The highest BCUT2D eigenvalue weighted by atomic mass is 32.1. The molecule has 2 N–H and O–H groups in total. The van der Waals surface area contributed by atoms with Gasteiger partial charge in [0.1, 0.15) is 4.88 Å². The third kappa shape index (κ3) is 3.79. The first-order valence-corrected chi connectivity index (χ1v) is 7.88. The number of piperidine rings is 1. The fraction of sp³-hybridized carbons (Fsp3) is 0.615. The van der Waals surface area contributed by atoms with Gasteiger partial charge < -0.3 is 15.5 Å². The predicted molar refractivity (Wildman–Crippen MR) is 80.3 cm³/mol. The summed E-state index contributed by atoms with van der Waals surface area (Å²) in [6.07, 6.45) is 1.59. The molecule has 120 valence electrons. The standard InChI is InChI=1S/C13H19N5O3S/c1-8-10(22-17-16-8)13(21)18-5-3-9(4-6-18)7-15-12(20)11(19)14-2/h9H,3-7H2,1-2H3,(H,14,19)(H,15,20). The summed E-state index contributed by atoms with van der Waals surface area (Å²) >= 11 is 1.12. The topological polar surface area (TPSA) is 104 Å². The number of likely N-dealkylation sites (N-methyl/N-ethyl adjacent to an activating group) is 1. The first kappa shape index (κ1) is 16.3. The van der Waals surface area contributed by atoms with Gasteiger partial charge in [0.2, 0.25) is 0 Å². The molecule has 0 atom stereocenters. The van der Waals surface area contributed by atoms with Crippen molar-refractivity contribution in [3.8, 4) is 0 Å². The number of amides is 3. The molecule has 0 aromatic carbocycles. The molecule has 0 saturated carbocycles. The zero-order valence-electron chi connectivity index (χ0n) is 12.6. The highest BCUT2D eigenvalue weighted by Gasteiger charge is 2.26. The van der Waals surface area contributed by atoms with Gasteiger partial charge in [-0.25, -0.2) is 0 Å². The Kier molecular flexibility index (Phi) is 5.42. The van der Waals surface area contributed by atoms with E-state index in [-0.39, 0.29) is 11.8 Å². The molecule has 0 bridgehead atoms. The molecule has 0 unspecified atom stereocenters. The van der Waals surface area contributed by atoms with Crippen LogP contribution in [0.15, 0.2) is 0 Å². The van der Waals surface area contributed by atoms with Gasteiger partial charge in [0, 0.05) is 26.7 Å². The van der Waals surface area contributed by atoms with Crippen molar-refractivity contribution in [3.63, 3.8) is 0 Å². The number of nitrogens with one attached hydrogen (secondary N) is 2. The number of hydrogen-bond donors (Lipinski definition) is 2. The molecule has 1 aliphatic rings. The van der Waals surface area contributed by atoms with E-state index >= 15 is 0 Å². The third-order valence-electron chi connectivity index (χ3n) is 3.73. The fourth-order valence-corrected chi connectivity index (χ4v) is 2.97. The molecule has 1 aliphatic heterocycles. The summed E-state index contributed by atoms with van der Waals surface area (Å²) in [6.45, 7) is 3.50. The number of nitrogens with zero attached hydrogens (tertiary/aromatic N) is 3. The van der Waals surface area contributed by atoms with Gasteiger partial charge in [-0.1, -0.05) is 4.49 Å². The van der Waals surface area contributed by atoms with E-state index in [0.717, 1.165) is 24.4 Å². The molecule has 0 aliphatic carbocycles. The summed E-state index contributed by atoms with van der Waals surface area (Å²) < 4.78 is 3.78. The number of rotatable bonds is 3. The van der Waals surface area contributed by atoms with E-state index in [1.54, 1.807) is 11.8 Å². The van der Waals surface area contributed by atoms with Crippen LogP contribution in [-0.4, -0.2) is 58.9 Å². The maximum atomic E-state index is 12.3. The monoisotopic (exact) mass is 325 g/mol. The Morgan fingerprint density at radius 1 is 1.27 bits per heavy atom. The van der Waals surface area contributed by atoms with E-state index < -0.39 is 11.8 Å². The Balaban J connectivity index is 1.79. The predicted octanol–water partition coefficient (Wildman–Crippen LogP) is -0.439. The Bertz CT molecular complexity index is 566. The van der Waals surface area contributed by atoms with Crippen molar-refractivity contribution in [2.24, 2.45) is 5.92 Å². The highest BCUT2D eigenvalue weighted by molar-refractivity contribution is 7.07. The molecule has 0 spiro atoms. The number of aromatic nitrogens is 2. The minimum atomic E-state index is -0.638. The molecular weight excluding hydrogens is 306 g/mol. The van der Waals surface area contributed by atoms with Crippen LogP contribution in [0.5, 0.6) is 0 Å². The number of hydrogen-bond acceptors (Lipinski definition) is 6. The SMILES string of the molecule is CNC(=O)C(=O)NCC1CCN(C(=O)c2snnc2C)CC1. The van der Waals surface area contributed by atoms with Crippen LogP contribution in [0, 0.1) is 12.8 Å². The summed E-state index contributed by atoms with van der Waals surface area (Å²) in [5, 5.41) is 8.75. The van der Waals surface area contributed by atoms with Crippen molar-refractivity contribution in [2.75, 3.05) is 26.7 Å². The van der Waals surface area contributed by atoms with Gasteiger partial charge in [0.15, 0.2) is 0 Å². The zero-order valence-corrected chi connectivity index (χ0v) is 13.4. The van der Waals surface area contributed by atoms with Crippen LogP contribution in [0.4, 0.5) is 0 Å². The Labute approximate surface area is 132 Å². The van der Waals surface area contributed by atoms with Crippen LogP contribution in [0.25, 0.3) is 0 Å². The number of carbonyl (C=O) groups is 3. The summed E-state index contributed by atoms with van der Waals surface area (Å²) in [4.78, 5) is 37.2. The lowest BCUT2D eigenvalue weighted by Crippen LogP contribution is -2.44. The van der Waals surface area contributed by atoms with Crippen molar-refractivity contribution in [1.29, 1.82) is 0 Å². The quantitative estimate of drug-likeness (QED) is 0.733. The van der Waals surface area contributed by atoms with Crippen LogP contribution in [0.3, 0.4) is 0 Å². The number of likely N-dealkylation sites (tertiary alicyclic amines) is 1. The summed E-state index contributed by atoms with van der Waals surface area (Å²) in [7, 11) is 1.42. The maximum absolute atomic E-state index is 12.3. The summed E-state index contributed by atoms with van der Waals surface area (Å²) in [5.74, 6) is -1.01. The second-order valence-corrected chi connectivity index (χ2v) is 5.97. The van der Waals surface area contributed by atoms with Crippen LogP contribution in [0.1, 0.15) is 28.2 Å². The minimum absolute atomic E-state index is 0.0275. The maximum Gasteiger partial charge on any atom is 0.309 e. The highest BCUT2D eigenvalue weighted by Crippen LogP contribution is 2.20. The van der Waals surface area contributed by atoms with Gasteiger partial charge in [-0.2, -0.15) is 0 Å². The molecule has 1 fully saturated rings. The number of aryl methyl sites for hydroxylation is 1. The largest absolute Gasteiger partial charge is 0.351 e. The van der Waals surface area contributed by atoms with Gasteiger partial charge in [-0.15, -0.1) is 5.10 Å². The van der Waals surface area contributed by atoms with Gasteiger partial charge >= 0.3 is 11.8 Å². The molecule has 9 heteroatoms. The smallest absolute Gasteiger partial charge is 0.309 e. The van der Waals surface area contributed by atoms with Crippen molar-refractivity contribution in [3.05, 3.63) is 10.6 Å². The van der Waals surface area contributed by atoms with E-state index in [2.05, 4.69) is 20.2 Å². The van der Waals surface area contributed by atoms with Crippen LogP contribution >= 0.6 is 11.5 Å². The molecule has 0 radical (unpaired) electrons. The van der Waals surface area contributed by atoms with Crippen molar-refractivity contribution in [2.45, 2.75) is 19.8 Å². The molecule has 3 amide bonds. The second kappa shape index (κ2) is 7.30. The van der Waals surface area contributed by atoms with Gasteiger partial charge in [-0.3, -0.25) is 14.4 Å². The lowest BCUT2D eigenvalue weighted by Gasteiger charge is -2.31. The van der Waals surface area contributed by atoms with Gasteiger partial charge in [-0.05, 0) is 37.2 Å². The molecule has 22 heavy (non-hydrogen) atoms. The van der Waals surface area contributed by atoms with E-state index in [9.17, 15) is 14.4 Å². The summed E-state index contributed by atoms with van der Waals surface area (Å²) in [5.41, 5.74) is 0.662. The normalized spacial score (nSPS) is 15.5. The van der Waals surface area contributed by atoms with Gasteiger partial charge in [0.05, 0.1) is 5.69 Å². The molecule has 2 rings (SSSR count). The van der Waals surface area contributed by atoms with Crippen molar-refractivity contribution >= 4 is 29.3 Å². The van der Waals surface area contributed by atoms with E-state index in [1.807, 2.05) is 0 Å². The van der Waals surface area contributed by atoms with Crippen molar-refractivity contribution < 1.29 is 14.4 Å².